The molecule has 1 aliphatic rings. The predicted molar refractivity (Wildman–Crippen MR) is 107 cm³/mol. The van der Waals surface area contributed by atoms with E-state index in [1.807, 2.05) is 24.3 Å². The molecule has 0 aliphatic carbocycles. The van der Waals surface area contributed by atoms with E-state index < -0.39 is 16.9 Å². The van der Waals surface area contributed by atoms with E-state index in [1.165, 1.54) is 37.1 Å². The van der Waals surface area contributed by atoms with E-state index in [9.17, 15) is 19.7 Å². The molecule has 0 aromatic heterocycles. The summed E-state index contributed by atoms with van der Waals surface area (Å²) in [6.45, 7) is 3.65. The lowest BCUT2D eigenvalue weighted by atomic mass is 10.1. The summed E-state index contributed by atoms with van der Waals surface area (Å²) in [5.74, 6) is -0.913. The maximum absolute atomic E-state index is 12.4. The smallest absolute Gasteiger partial charge is 0.270 e. The zero-order valence-corrected chi connectivity index (χ0v) is 15.6. The van der Waals surface area contributed by atoms with Crippen LogP contribution in [0.1, 0.15) is 30.1 Å². The number of anilines is 2. The Morgan fingerprint density at radius 3 is 2.43 bits per heavy atom. The third kappa shape index (κ3) is 4.64. The van der Waals surface area contributed by atoms with Crippen LogP contribution in [0.4, 0.5) is 17.1 Å². The van der Waals surface area contributed by atoms with Gasteiger partial charge in [0.05, 0.1) is 4.92 Å². The molecule has 1 saturated heterocycles. The zero-order chi connectivity index (χ0) is 20.1. The highest BCUT2D eigenvalue weighted by Crippen LogP contribution is 2.22. The molecule has 1 heterocycles. The van der Waals surface area contributed by atoms with Gasteiger partial charge in [-0.2, -0.15) is 0 Å². The minimum Gasteiger partial charge on any atom is -0.372 e. The lowest BCUT2D eigenvalue weighted by Crippen LogP contribution is -2.41. The highest BCUT2D eigenvalue weighted by Gasteiger charge is 2.19. The van der Waals surface area contributed by atoms with E-state index in [4.69, 9.17) is 0 Å². The number of hydrogen-bond acceptors (Lipinski definition) is 5. The molecule has 2 aromatic rings. The Bertz CT molecular complexity index is 876. The Morgan fingerprint density at radius 2 is 1.79 bits per heavy atom. The monoisotopic (exact) mass is 382 g/mol. The predicted octanol–water partition coefficient (Wildman–Crippen LogP) is 2.95. The third-order valence-electron chi connectivity index (χ3n) is 4.67. The van der Waals surface area contributed by atoms with Crippen molar-refractivity contribution in [3.63, 3.8) is 0 Å². The van der Waals surface area contributed by atoms with Crippen LogP contribution in [0, 0.1) is 10.1 Å². The van der Waals surface area contributed by atoms with Gasteiger partial charge in [0.25, 0.3) is 11.6 Å². The summed E-state index contributed by atoms with van der Waals surface area (Å²) in [6, 6.07) is 12.2. The van der Waals surface area contributed by atoms with Crippen molar-refractivity contribution in [3.8, 4) is 0 Å². The fraction of sp³-hybridized carbons (Fsp3) is 0.300. The van der Waals surface area contributed by atoms with E-state index in [0.29, 0.717) is 5.69 Å². The number of benzene rings is 2. The molecular formula is C20H22N4O4. The molecule has 1 fully saturated rings. The van der Waals surface area contributed by atoms with E-state index in [-0.39, 0.29) is 17.2 Å². The molecule has 8 heteroatoms. The first-order chi connectivity index (χ1) is 13.4. The van der Waals surface area contributed by atoms with Gasteiger partial charge in [0.1, 0.15) is 6.04 Å². The number of nitrogens with zero attached hydrogens (tertiary/aromatic N) is 2. The molecule has 3 rings (SSSR count). The van der Waals surface area contributed by atoms with Gasteiger partial charge in [-0.25, -0.2) is 0 Å². The highest BCUT2D eigenvalue weighted by atomic mass is 16.6. The molecule has 2 amide bonds. The lowest BCUT2D eigenvalue weighted by molar-refractivity contribution is -0.384. The quantitative estimate of drug-likeness (QED) is 0.590. The van der Waals surface area contributed by atoms with Crippen molar-refractivity contribution < 1.29 is 14.5 Å². The van der Waals surface area contributed by atoms with Crippen molar-refractivity contribution >= 4 is 28.9 Å². The lowest BCUT2D eigenvalue weighted by Gasteiger charge is -2.18. The van der Waals surface area contributed by atoms with E-state index >= 15 is 0 Å². The normalized spacial score (nSPS) is 14.4. The van der Waals surface area contributed by atoms with Crippen LogP contribution in [-0.4, -0.2) is 35.9 Å². The van der Waals surface area contributed by atoms with Gasteiger partial charge < -0.3 is 15.5 Å². The molecule has 0 radical (unpaired) electrons. The van der Waals surface area contributed by atoms with E-state index in [0.717, 1.165) is 18.8 Å². The van der Waals surface area contributed by atoms with Gasteiger partial charge in [0, 0.05) is 42.2 Å². The van der Waals surface area contributed by atoms with E-state index in [2.05, 4.69) is 15.5 Å². The van der Waals surface area contributed by atoms with Crippen LogP contribution in [0.15, 0.2) is 48.5 Å². The Hall–Kier alpha value is -3.42. The summed E-state index contributed by atoms with van der Waals surface area (Å²) in [4.78, 5) is 37.2. The number of nitrogens with one attached hydrogen (secondary N) is 2. The fourth-order valence-electron chi connectivity index (χ4n) is 3.09. The maximum atomic E-state index is 12.4. The van der Waals surface area contributed by atoms with Crippen molar-refractivity contribution in [1.82, 2.24) is 5.32 Å². The molecule has 8 nitrogen and oxygen atoms in total. The molecule has 1 aliphatic heterocycles. The zero-order valence-electron chi connectivity index (χ0n) is 15.6. The number of amides is 2. The van der Waals surface area contributed by atoms with Crippen molar-refractivity contribution in [3.05, 3.63) is 64.2 Å². The number of nitro benzene ring substituents is 1. The second-order valence-corrected chi connectivity index (χ2v) is 6.73. The van der Waals surface area contributed by atoms with Crippen molar-refractivity contribution in [2.75, 3.05) is 23.3 Å². The first-order valence-corrected chi connectivity index (χ1v) is 9.15. The van der Waals surface area contributed by atoms with Crippen LogP contribution in [0.2, 0.25) is 0 Å². The van der Waals surface area contributed by atoms with Gasteiger partial charge in [-0.15, -0.1) is 0 Å². The fourth-order valence-corrected chi connectivity index (χ4v) is 3.09. The second-order valence-electron chi connectivity index (χ2n) is 6.73. The summed E-state index contributed by atoms with van der Waals surface area (Å²) in [5, 5.41) is 16.1. The summed E-state index contributed by atoms with van der Waals surface area (Å²) >= 11 is 0. The standard InChI is InChI=1S/C20H22N4O4/c1-14(21-20(26)15-5-4-6-18(13-15)24(27)28)19(25)22-16-7-9-17(10-8-16)23-11-2-3-12-23/h4-10,13-14H,2-3,11-12H2,1H3,(H,21,26)(H,22,25)/t14-/m1/s1. The number of nitro groups is 1. The number of rotatable bonds is 6. The highest BCUT2D eigenvalue weighted by molar-refractivity contribution is 6.01. The van der Waals surface area contributed by atoms with Crippen LogP contribution < -0.4 is 15.5 Å². The first kappa shape index (κ1) is 19.3. The summed E-state index contributed by atoms with van der Waals surface area (Å²) in [6.07, 6.45) is 2.39. The summed E-state index contributed by atoms with van der Waals surface area (Å²) < 4.78 is 0. The molecule has 146 valence electrons. The number of non-ortho nitro benzene ring substituents is 1. The second kappa shape index (κ2) is 8.51. The molecule has 2 aromatic carbocycles. The maximum Gasteiger partial charge on any atom is 0.270 e. The minimum absolute atomic E-state index is 0.129. The molecule has 0 saturated carbocycles. The van der Waals surface area contributed by atoms with E-state index in [1.54, 1.807) is 6.92 Å². The van der Waals surface area contributed by atoms with Gasteiger partial charge in [0.2, 0.25) is 5.91 Å². The van der Waals surface area contributed by atoms with Gasteiger partial charge >= 0.3 is 0 Å². The largest absolute Gasteiger partial charge is 0.372 e. The van der Waals surface area contributed by atoms with Crippen molar-refractivity contribution in [1.29, 1.82) is 0 Å². The van der Waals surface area contributed by atoms with Gasteiger partial charge in [-0.05, 0) is 50.1 Å². The number of carbonyl (C=O) groups is 2. The Labute approximate surface area is 162 Å². The molecule has 0 bridgehead atoms. The molecule has 28 heavy (non-hydrogen) atoms. The van der Waals surface area contributed by atoms with Gasteiger partial charge in [0.15, 0.2) is 0 Å². The molecule has 2 N–H and O–H groups in total. The SMILES string of the molecule is C[C@@H](NC(=O)c1cccc([N+](=O)[O-])c1)C(=O)Nc1ccc(N2CCCC2)cc1. The van der Waals surface area contributed by atoms with Gasteiger partial charge in [-0.3, -0.25) is 19.7 Å². The van der Waals surface area contributed by atoms with Crippen LogP contribution in [0.25, 0.3) is 0 Å². The van der Waals surface area contributed by atoms with Gasteiger partial charge in [-0.1, -0.05) is 6.07 Å². The van der Waals surface area contributed by atoms with Crippen molar-refractivity contribution in [2.45, 2.75) is 25.8 Å². The van der Waals surface area contributed by atoms with Crippen molar-refractivity contribution in [2.24, 2.45) is 0 Å². The number of carbonyl (C=O) groups excluding carboxylic acids is 2. The van der Waals surface area contributed by atoms with Crippen LogP contribution in [0.3, 0.4) is 0 Å². The summed E-state index contributed by atoms with van der Waals surface area (Å²) in [5.41, 5.74) is 1.72. The number of hydrogen-bond donors (Lipinski definition) is 2. The molecule has 0 unspecified atom stereocenters. The van der Waals surface area contributed by atoms with Crippen LogP contribution >= 0.6 is 0 Å². The average molecular weight is 382 g/mol. The minimum atomic E-state index is -0.801. The summed E-state index contributed by atoms with van der Waals surface area (Å²) in [7, 11) is 0. The Morgan fingerprint density at radius 1 is 1.11 bits per heavy atom. The molecular weight excluding hydrogens is 360 g/mol. The van der Waals surface area contributed by atoms with Crippen LogP contribution in [-0.2, 0) is 4.79 Å². The van der Waals surface area contributed by atoms with Crippen LogP contribution in [0.5, 0.6) is 0 Å². The molecule has 0 spiro atoms. The first-order valence-electron chi connectivity index (χ1n) is 9.15. The average Bonchev–Trinajstić information content (AvgIpc) is 3.23. The Balaban J connectivity index is 1.57. The Kier molecular flexibility index (Phi) is 5.88. The third-order valence-corrected chi connectivity index (χ3v) is 4.67. The molecule has 1 atom stereocenters. The topological polar surface area (TPSA) is 105 Å².